The Hall–Kier alpha value is -3.40. The molecule has 1 aliphatic heterocycles. The molecule has 1 aromatic heterocycles. The molecule has 2 amide bonds. The Kier molecular flexibility index (Phi) is 7.93. The molecule has 1 fully saturated rings. The third-order valence-corrected chi connectivity index (χ3v) is 7.75. The third kappa shape index (κ3) is 5.95. The fraction of sp³-hybridized carbons (Fsp3) is 0.467. The molecule has 1 aliphatic carbocycles. The lowest BCUT2D eigenvalue weighted by Gasteiger charge is -2.40. The zero-order valence-electron chi connectivity index (χ0n) is 23.2. The second-order valence-corrected chi connectivity index (χ2v) is 11.2. The topological polar surface area (TPSA) is 101 Å². The van der Waals surface area contributed by atoms with Crippen LogP contribution >= 0.6 is 0 Å². The van der Waals surface area contributed by atoms with Gasteiger partial charge in [0.05, 0.1) is 42.7 Å². The molecule has 2 aromatic carbocycles. The Morgan fingerprint density at radius 2 is 1.92 bits per heavy atom. The van der Waals surface area contributed by atoms with E-state index in [0.717, 1.165) is 48.5 Å². The summed E-state index contributed by atoms with van der Waals surface area (Å²) < 4.78 is 13.6. The predicted molar refractivity (Wildman–Crippen MR) is 151 cm³/mol. The van der Waals surface area contributed by atoms with E-state index in [9.17, 15) is 9.90 Å². The summed E-state index contributed by atoms with van der Waals surface area (Å²) in [5, 5.41) is 21.7. The molecule has 208 valence electrons. The first-order chi connectivity index (χ1) is 18.7. The van der Waals surface area contributed by atoms with Crippen LogP contribution in [0.4, 0.5) is 10.6 Å². The summed E-state index contributed by atoms with van der Waals surface area (Å²) in [6.45, 7) is 9.12. The normalized spacial score (nSPS) is 22.6. The number of para-hydroxylation sites is 1. The van der Waals surface area contributed by atoms with Gasteiger partial charge < -0.3 is 24.8 Å². The highest BCUT2D eigenvalue weighted by Crippen LogP contribution is 2.41. The number of likely N-dealkylation sites (N-methyl/N-ethyl adjacent to an activating group) is 1. The molecular weight excluding hydrogens is 494 g/mol. The van der Waals surface area contributed by atoms with Crippen LogP contribution in [-0.2, 0) is 10.2 Å². The van der Waals surface area contributed by atoms with E-state index in [-0.39, 0.29) is 11.5 Å². The number of urea groups is 1. The molecule has 2 aliphatic rings. The largest absolute Gasteiger partial charge is 0.476 e. The van der Waals surface area contributed by atoms with E-state index in [1.807, 2.05) is 55.5 Å². The van der Waals surface area contributed by atoms with Crippen LogP contribution in [0.3, 0.4) is 0 Å². The number of aromatic nitrogens is 2. The zero-order valence-corrected chi connectivity index (χ0v) is 23.2. The van der Waals surface area contributed by atoms with Crippen LogP contribution in [0, 0.1) is 6.92 Å². The number of carbonyl (C=O) groups is 1. The number of fused-ring (bicyclic) bond motifs is 1. The van der Waals surface area contributed by atoms with Crippen molar-refractivity contribution in [1.29, 1.82) is 0 Å². The van der Waals surface area contributed by atoms with Crippen molar-refractivity contribution in [3.05, 3.63) is 71.3 Å². The first-order valence-electron chi connectivity index (χ1n) is 13.7. The molecule has 3 N–H and O–H groups in total. The highest BCUT2D eigenvalue weighted by atomic mass is 16.5. The maximum absolute atomic E-state index is 13.4. The molecule has 0 bridgehead atoms. The standard InChI is InChI=1S/C30H39N5O4/c1-20-27(32-29(37)31-26-23-12-8-9-13-24(23)30(2,3)18-25(26)36)35(21-10-6-5-7-11-21)33-28(20)39-16-14-22-19-34(4)15-17-38-22/h5-13,22,25-26,36H,14-19H2,1-4H3,(H2,31,32,37)/t22-,25+,26+/m0/s1. The number of carbonyl (C=O) groups excluding carboxylic acids is 1. The van der Waals surface area contributed by atoms with Gasteiger partial charge in [0.25, 0.3) is 0 Å². The van der Waals surface area contributed by atoms with Crippen molar-refractivity contribution in [3.8, 4) is 11.6 Å². The second kappa shape index (κ2) is 11.4. The van der Waals surface area contributed by atoms with Gasteiger partial charge in [-0.3, -0.25) is 5.32 Å². The average Bonchev–Trinajstić information content (AvgIpc) is 3.21. The minimum atomic E-state index is -0.708. The van der Waals surface area contributed by atoms with E-state index in [1.54, 1.807) is 4.68 Å². The number of amides is 2. The lowest BCUT2D eigenvalue weighted by Crippen LogP contribution is -2.45. The molecule has 9 nitrogen and oxygen atoms in total. The van der Waals surface area contributed by atoms with Gasteiger partial charge in [0.15, 0.2) is 0 Å². The number of anilines is 1. The fourth-order valence-electron chi connectivity index (χ4n) is 5.65. The number of aliphatic hydroxyl groups excluding tert-OH is 1. The van der Waals surface area contributed by atoms with E-state index in [4.69, 9.17) is 14.6 Å². The van der Waals surface area contributed by atoms with Crippen molar-refractivity contribution in [3.63, 3.8) is 0 Å². The fourth-order valence-corrected chi connectivity index (χ4v) is 5.65. The van der Waals surface area contributed by atoms with Crippen LogP contribution in [0.5, 0.6) is 5.88 Å². The van der Waals surface area contributed by atoms with E-state index in [0.29, 0.717) is 24.7 Å². The van der Waals surface area contributed by atoms with Crippen molar-refractivity contribution in [2.45, 2.75) is 57.3 Å². The zero-order chi connectivity index (χ0) is 27.6. The highest BCUT2D eigenvalue weighted by Gasteiger charge is 2.39. The van der Waals surface area contributed by atoms with E-state index < -0.39 is 18.2 Å². The molecule has 9 heteroatoms. The maximum atomic E-state index is 13.4. The quantitative estimate of drug-likeness (QED) is 0.421. The Bertz CT molecular complexity index is 1290. The summed E-state index contributed by atoms with van der Waals surface area (Å²) in [6.07, 6.45) is 0.716. The van der Waals surface area contributed by atoms with E-state index in [1.165, 1.54) is 0 Å². The number of morpholine rings is 1. The Balaban J connectivity index is 1.34. The van der Waals surface area contributed by atoms with Gasteiger partial charge in [-0.15, -0.1) is 5.10 Å². The van der Waals surface area contributed by atoms with Crippen LogP contribution in [0.15, 0.2) is 54.6 Å². The number of rotatable bonds is 7. The molecule has 39 heavy (non-hydrogen) atoms. The van der Waals surface area contributed by atoms with Crippen molar-refractivity contribution >= 4 is 11.8 Å². The summed E-state index contributed by atoms with van der Waals surface area (Å²) in [5.74, 6) is 0.976. The second-order valence-electron chi connectivity index (χ2n) is 11.2. The van der Waals surface area contributed by atoms with Crippen molar-refractivity contribution in [2.75, 3.05) is 38.7 Å². The Morgan fingerprint density at radius 1 is 1.18 bits per heavy atom. The molecule has 2 heterocycles. The molecule has 0 spiro atoms. The van der Waals surface area contributed by atoms with Crippen molar-refractivity contribution < 1.29 is 19.4 Å². The van der Waals surface area contributed by atoms with Gasteiger partial charge in [0, 0.05) is 19.5 Å². The number of nitrogens with zero attached hydrogens (tertiary/aromatic N) is 3. The van der Waals surface area contributed by atoms with Crippen LogP contribution < -0.4 is 15.4 Å². The van der Waals surface area contributed by atoms with Crippen LogP contribution in [-0.4, -0.2) is 71.4 Å². The smallest absolute Gasteiger partial charge is 0.320 e. The molecule has 3 aromatic rings. The van der Waals surface area contributed by atoms with Crippen molar-refractivity contribution in [1.82, 2.24) is 20.0 Å². The average molecular weight is 534 g/mol. The molecule has 3 atom stereocenters. The first kappa shape index (κ1) is 27.2. The van der Waals surface area contributed by atoms with Gasteiger partial charge >= 0.3 is 6.03 Å². The monoisotopic (exact) mass is 533 g/mol. The van der Waals surface area contributed by atoms with Gasteiger partial charge in [0.1, 0.15) is 5.82 Å². The lowest BCUT2D eigenvalue weighted by molar-refractivity contribution is -0.0286. The summed E-state index contributed by atoms with van der Waals surface area (Å²) in [4.78, 5) is 15.6. The molecule has 0 saturated carbocycles. The number of nitrogens with one attached hydrogen (secondary N) is 2. The first-order valence-corrected chi connectivity index (χ1v) is 13.7. The van der Waals surface area contributed by atoms with Gasteiger partial charge in [-0.25, -0.2) is 9.48 Å². The molecule has 0 unspecified atom stereocenters. The van der Waals surface area contributed by atoms with Crippen LogP contribution in [0.25, 0.3) is 5.69 Å². The summed E-state index contributed by atoms with van der Waals surface area (Å²) in [6, 6.07) is 16.7. The summed E-state index contributed by atoms with van der Waals surface area (Å²) in [7, 11) is 2.09. The summed E-state index contributed by atoms with van der Waals surface area (Å²) in [5.41, 5.74) is 3.41. The minimum absolute atomic E-state index is 0.124. The van der Waals surface area contributed by atoms with Gasteiger partial charge in [-0.2, -0.15) is 0 Å². The van der Waals surface area contributed by atoms with E-state index >= 15 is 0 Å². The number of hydrogen-bond donors (Lipinski definition) is 3. The number of hydrogen-bond acceptors (Lipinski definition) is 6. The number of ether oxygens (including phenoxy) is 2. The van der Waals surface area contributed by atoms with Crippen LogP contribution in [0.2, 0.25) is 0 Å². The lowest BCUT2D eigenvalue weighted by atomic mass is 9.70. The highest BCUT2D eigenvalue weighted by molar-refractivity contribution is 5.90. The van der Waals surface area contributed by atoms with Gasteiger partial charge in [-0.05, 0) is 49.1 Å². The Labute approximate surface area is 230 Å². The maximum Gasteiger partial charge on any atom is 0.320 e. The number of aliphatic hydroxyl groups is 1. The molecular formula is C30H39N5O4. The van der Waals surface area contributed by atoms with E-state index in [2.05, 4.69) is 42.5 Å². The molecule has 5 rings (SSSR count). The SMILES string of the molecule is Cc1c(OCC[C@H]2CN(C)CCO2)nn(-c2ccccc2)c1NC(=O)N[C@@H]1c2ccccc2C(C)(C)C[C@H]1O. The Morgan fingerprint density at radius 3 is 2.69 bits per heavy atom. The predicted octanol–water partition coefficient (Wildman–Crippen LogP) is 4.19. The van der Waals surface area contributed by atoms with Gasteiger partial charge in [-0.1, -0.05) is 56.3 Å². The van der Waals surface area contributed by atoms with Crippen molar-refractivity contribution in [2.24, 2.45) is 0 Å². The molecule has 1 saturated heterocycles. The van der Waals surface area contributed by atoms with Gasteiger partial charge in [0.2, 0.25) is 5.88 Å². The van der Waals surface area contributed by atoms with Crippen LogP contribution in [0.1, 0.15) is 49.4 Å². The minimum Gasteiger partial charge on any atom is -0.476 e. The summed E-state index contributed by atoms with van der Waals surface area (Å²) >= 11 is 0. The molecule has 0 radical (unpaired) electrons. The third-order valence-electron chi connectivity index (χ3n) is 7.75. The number of benzene rings is 2.